The number of phosphoric ester groups is 2. The van der Waals surface area contributed by atoms with E-state index in [0.29, 0.717) is 25.7 Å². The number of carbonyl (C=O) groups is 4. The Morgan fingerprint density at radius 2 is 0.515 bits per heavy atom. The number of unbranched alkanes of at least 4 members (excludes halogenated alkanes) is 44. The molecule has 0 aliphatic heterocycles. The van der Waals surface area contributed by atoms with E-state index in [1.165, 1.54) is 218 Å². The van der Waals surface area contributed by atoms with Gasteiger partial charge in [-0.05, 0) is 43.4 Å². The highest BCUT2D eigenvalue weighted by atomic mass is 31.2. The van der Waals surface area contributed by atoms with Crippen LogP contribution in [0.2, 0.25) is 0 Å². The van der Waals surface area contributed by atoms with E-state index in [4.69, 9.17) is 37.0 Å². The first-order valence-electron chi connectivity index (χ1n) is 41.4. The van der Waals surface area contributed by atoms with E-state index in [-0.39, 0.29) is 25.7 Å². The van der Waals surface area contributed by atoms with Crippen LogP contribution < -0.4 is 0 Å². The van der Waals surface area contributed by atoms with Crippen LogP contribution in [0.4, 0.5) is 0 Å². The van der Waals surface area contributed by atoms with Crippen molar-refractivity contribution in [3.05, 3.63) is 0 Å². The zero-order valence-electron chi connectivity index (χ0n) is 65.0. The predicted molar refractivity (Wildman–Crippen MR) is 405 cm³/mol. The Bertz CT molecular complexity index is 1930. The number of esters is 4. The third kappa shape index (κ3) is 71.5. The van der Waals surface area contributed by atoms with Crippen molar-refractivity contribution in [1.29, 1.82) is 0 Å². The molecule has 0 amide bonds. The van der Waals surface area contributed by atoms with Gasteiger partial charge in [0.15, 0.2) is 12.2 Å². The summed E-state index contributed by atoms with van der Waals surface area (Å²) >= 11 is 0. The van der Waals surface area contributed by atoms with Gasteiger partial charge in [0.25, 0.3) is 0 Å². The molecule has 0 bridgehead atoms. The largest absolute Gasteiger partial charge is 0.472 e. The Morgan fingerprint density at radius 3 is 0.768 bits per heavy atom. The minimum absolute atomic E-state index is 0.104. The highest BCUT2D eigenvalue weighted by Gasteiger charge is 2.30. The van der Waals surface area contributed by atoms with Crippen LogP contribution >= 0.6 is 15.6 Å². The Morgan fingerprint density at radius 1 is 0.293 bits per heavy atom. The van der Waals surface area contributed by atoms with Gasteiger partial charge >= 0.3 is 39.5 Å². The number of hydrogen-bond acceptors (Lipinski definition) is 15. The molecule has 0 saturated carbocycles. The number of hydrogen-bond donors (Lipinski definition) is 3. The summed E-state index contributed by atoms with van der Waals surface area (Å²) in [5.74, 6) is 0.183. The zero-order valence-corrected chi connectivity index (χ0v) is 66.8. The van der Waals surface area contributed by atoms with Gasteiger partial charge in [-0.1, -0.05) is 363 Å². The van der Waals surface area contributed by atoms with Gasteiger partial charge in [-0.15, -0.1) is 0 Å². The topological polar surface area (TPSA) is 237 Å². The molecule has 0 saturated heterocycles. The Balaban J connectivity index is 5.22. The summed E-state index contributed by atoms with van der Waals surface area (Å²) < 4.78 is 68.6. The van der Waals surface area contributed by atoms with Crippen molar-refractivity contribution in [2.75, 3.05) is 39.6 Å². The highest BCUT2D eigenvalue weighted by Crippen LogP contribution is 2.45. The maximum atomic E-state index is 13.1. The molecule has 4 unspecified atom stereocenters. The van der Waals surface area contributed by atoms with Gasteiger partial charge in [0.05, 0.1) is 26.4 Å². The smallest absolute Gasteiger partial charge is 0.462 e. The third-order valence-corrected chi connectivity index (χ3v) is 21.3. The molecular formula is C80H156O17P2. The lowest BCUT2D eigenvalue weighted by Gasteiger charge is -2.21. The average Bonchev–Trinajstić information content (AvgIpc) is 1.04. The van der Waals surface area contributed by atoms with Gasteiger partial charge < -0.3 is 33.8 Å². The van der Waals surface area contributed by atoms with Crippen LogP contribution in [0.3, 0.4) is 0 Å². The standard InChI is InChI=1S/C80H156O17P2/c1-8-11-12-13-14-15-16-17-18-19-20-21-22-23-28-31-34-40-49-56-63-79(84)96-75(67-90-77(82)61-54-47-39-33-30-27-25-24-26-29-32-38-45-52-59-72(6)9-2)69-94-98(86,87)92-65-74(81)66-93-99(88,89)95-70-76(68-91-78(83)62-55-48-43-42-46-53-60-73(7)10-3)97-80(85)64-57-50-41-36-35-37-44-51-58-71(4)5/h71-76,81H,8-70H2,1-7H3,(H,86,87)(H,88,89)/t72?,73?,74-,75-,76-/m1/s1. The fourth-order valence-electron chi connectivity index (χ4n) is 12.2. The van der Waals surface area contributed by atoms with E-state index in [1.807, 2.05) is 0 Å². The van der Waals surface area contributed by atoms with E-state index < -0.39 is 97.5 Å². The lowest BCUT2D eigenvalue weighted by molar-refractivity contribution is -0.161. The van der Waals surface area contributed by atoms with Gasteiger partial charge in [-0.25, -0.2) is 9.13 Å². The molecular weight excluding hydrogens is 1290 g/mol. The first kappa shape index (κ1) is 97.1. The van der Waals surface area contributed by atoms with Crippen molar-refractivity contribution in [1.82, 2.24) is 0 Å². The SMILES string of the molecule is CCCCCCCCCCCCCCCCCCCCCCC(=O)O[C@H](COC(=O)CCCCCCCCCCCCCCCCC(C)CC)COP(=O)(O)OC[C@@H](O)COP(=O)(O)OC[C@@H](COC(=O)CCCCCCCCC(C)CC)OC(=O)CCCCCCCCCCC(C)C. The summed E-state index contributed by atoms with van der Waals surface area (Å²) in [4.78, 5) is 72.9. The number of rotatable bonds is 78. The molecule has 99 heavy (non-hydrogen) atoms. The monoisotopic (exact) mass is 1450 g/mol. The molecule has 3 N–H and O–H groups in total. The molecule has 0 aromatic rings. The molecule has 0 aromatic heterocycles. The Hall–Kier alpha value is -1.94. The van der Waals surface area contributed by atoms with Crippen molar-refractivity contribution in [2.45, 2.75) is 433 Å². The zero-order chi connectivity index (χ0) is 73.0. The first-order chi connectivity index (χ1) is 47.8. The lowest BCUT2D eigenvalue weighted by atomic mass is 9.99. The van der Waals surface area contributed by atoms with Gasteiger partial charge in [0, 0.05) is 25.7 Å². The second-order valence-corrected chi connectivity index (χ2v) is 32.7. The summed E-state index contributed by atoms with van der Waals surface area (Å²) in [6.07, 6.45) is 58.4. The van der Waals surface area contributed by atoms with Crippen LogP contribution in [0.25, 0.3) is 0 Å². The van der Waals surface area contributed by atoms with Gasteiger partial charge in [-0.3, -0.25) is 37.3 Å². The molecule has 0 spiro atoms. The number of aliphatic hydroxyl groups is 1. The molecule has 0 radical (unpaired) electrons. The van der Waals surface area contributed by atoms with Crippen LogP contribution in [0, 0.1) is 17.8 Å². The maximum Gasteiger partial charge on any atom is 0.472 e. The molecule has 7 atom stereocenters. The average molecular weight is 1450 g/mol. The summed E-state index contributed by atoms with van der Waals surface area (Å²) in [5, 5.41) is 10.6. The first-order valence-corrected chi connectivity index (χ1v) is 44.4. The van der Waals surface area contributed by atoms with E-state index in [1.54, 1.807) is 0 Å². The quantitative estimate of drug-likeness (QED) is 0.0222. The van der Waals surface area contributed by atoms with Crippen LogP contribution in [-0.2, 0) is 65.4 Å². The van der Waals surface area contributed by atoms with E-state index in [9.17, 15) is 43.2 Å². The maximum absolute atomic E-state index is 13.1. The van der Waals surface area contributed by atoms with Crippen molar-refractivity contribution >= 4 is 39.5 Å². The third-order valence-electron chi connectivity index (χ3n) is 19.4. The molecule has 0 aliphatic rings. The number of ether oxygens (including phenoxy) is 4. The van der Waals surface area contributed by atoms with Crippen LogP contribution in [0.5, 0.6) is 0 Å². The van der Waals surface area contributed by atoms with E-state index in [0.717, 1.165) is 114 Å². The summed E-state index contributed by atoms with van der Waals surface area (Å²) in [5.41, 5.74) is 0. The molecule has 0 aromatic carbocycles. The van der Waals surface area contributed by atoms with Gasteiger partial charge in [0.2, 0.25) is 0 Å². The Kier molecular flexibility index (Phi) is 69.0. The summed E-state index contributed by atoms with van der Waals surface area (Å²) in [6.45, 7) is 11.9. The van der Waals surface area contributed by atoms with Gasteiger partial charge in [-0.2, -0.15) is 0 Å². The molecule has 0 heterocycles. The van der Waals surface area contributed by atoms with E-state index in [2.05, 4.69) is 48.5 Å². The minimum Gasteiger partial charge on any atom is -0.462 e. The Labute approximate surface area is 607 Å². The summed E-state index contributed by atoms with van der Waals surface area (Å²) in [7, 11) is -9.92. The molecule has 17 nitrogen and oxygen atoms in total. The molecule has 0 rings (SSSR count). The second kappa shape index (κ2) is 70.4. The van der Waals surface area contributed by atoms with Crippen LogP contribution in [-0.4, -0.2) is 96.7 Å². The van der Waals surface area contributed by atoms with Crippen molar-refractivity contribution < 1.29 is 80.2 Å². The number of aliphatic hydroxyl groups excluding tert-OH is 1. The molecule has 588 valence electrons. The predicted octanol–water partition coefficient (Wildman–Crippen LogP) is 23.7. The fourth-order valence-corrected chi connectivity index (χ4v) is 13.8. The minimum atomic E-state index is -4.96. The van der Waals surface area contributed by atoms with E-state index >= 15 is 0 Å². The molecule has 0 fully saturated rings. The highest BCUT2D eigenvalue weighted by molar-refractivity contribution is 7.47. The molecule has 19 heteroatoms. The van der Waals surface area contributed by atoms with Crippen LogP contribution in [0.15, 0.2) is 0 Å². The normalized spacial score (nSPS) is 14.5. The van der Waals surface area contributed by atoms with Crippen molar-refractivity contribution in [3.63, 3.8) is 0 Å². The fraction of sp³-hybridized carbons (Fsp3) is 0.950. The summed E-state index contributed by atoms with van der Waals surface area (Å²) in [6, 6.07) is 0. The second-order valence-electron chi connectivity index (χ2n) is 29.8. The number of carbonyl (C=O) groups excluding carboxylic acids is 4. The lowest BCUT2D eigenvalue weighted by Crippen LogP contribution is -2.30. The van der Waals surface area contributed by atoms with Crippen molar-refractivity contribution in [3.8, 4) is 0 Å². The molecule has 0 aliphatic carbocycles. The van der Waals surface area contributed by atoms with Crippen LogP contribution in [0.1, 0.15) is 414 Å². The van der Waals surface area contributed by atoms with Crippen molar-refractivity contribution in [2.24, 2.45) is 17.8 Å². The van der Waals surface area contributed by atoms with Gasteiger partial charge in [0.1, 0.15) is 19.3 Å². The number of phosphoric acid groups is 2.